The molecule has 1 aromatic carbocycles. The number of hydrogen-bond donors (Lipinski definition) is 1. The normalized spacial score (nSPS) is 11.4. The van der Waals surface area contributed by atoms with Crippen LogP contribution in [-0.2, 0) is 24.8 Å². The third-order valence-corrected chi connectivity index (χ3v) is 5.34. The van der Waals surface area contributed by atoms with Gasteiger partial charge in [0, 0.05) is 13.6 Å². The molecule has 0 radical (unpaired) electrons. The Labute approximate surface area is 194 Å². The van der Waals surface area contributed by atoms with Gasteiger partial charge in [-0.15, -0.1) is 5.10 Å². The van der Waals surface area contributed by atoms with E-state index in [9.17, 15) is 14.4 Å². The number of unbranched alkanes of at least 4 members (excludes halogenated alkanes) is 4. The third-order valence-electron chi connectivity index (χ3n) is 5.34. The first kappa shape index (κ1) is 26.2. The van der Waals surface area contributed by atoms with Gasteiger partial charge in [-0.2, -0.15) is 0 Å². The minimum Gasteiger partial charge on any atom is -0.478 e. The highest BCUT2D eigenvalue weighted by Gasteiger charge is 2.29. The zero-order valence-electron chi connectivity index (χ0n) is 20.0. The molecule has 0 amide bonds. The molecule has 1 heterocycles. The van der Waals surface area contributed by atoms with Crippen molar-refractivity contribution in [1.29, 1.82) is 0 Å². The lowest BCUT2D eigenvalue weighted by Gasteiger charge is -2.21. The Balaban J connectivity index is 1.89. The molecule has 0 aliphatic carbocycles. The Bertz CT molecular complexity index is 1020. The Morgan fingerprint density at radius 2 is 1.73 bits per heavy atom. The molecule has 0 saturated carbocycles. The lowest BCUT2D eigenvalue weighted by atomic mass is 10.1. The fourth-order valence-electron chi connectivity index (χ4n) is 3.21. The monoisotopic (exact) mass is 461 g/mol. The number of carbonyl (C=O) groups is 1. The molecule has 1 N–H and O–H groups in total. The first-order valence-corrected chi connectivity index (χ1v) is 11.5. The molecule has 0 aliphatic rings. The second-order valence-electron chi connectivity index (χ2n) is 8.60. The summed E-state index contributed by atoms with van der Waals surface area (Å²) in [4.78, 5) is 35.8. The Hall–Kier alpha value is -3.10. The topological polar surface area (TPSA) is 113 Å². The summed E-state index contributed by atoms with van der Waals surface area (Å²) in [5, 5.41) is 13.3. The van der Waals surface area contributed by atoms with E-state index in [0.717, 1.165) is 35.8 Å². The zero-order valence-corrected chi connectivity index (χ0v) is 20.0. The number of benzene rings is 1. The highest BCUT2D eigenvalue weighted by molar-refractivity contribution is 5.76. The van der Waals surface area contributed by atoms with Crippen LogP contribution in [-0.4, -0.2) is 37.6 Å². The number of ether oxygens (including phenoxy) is 2. The first-order chi connectivity index (χ1) is 15.7. The van der Waals surface area contributed by atoms with Crippen molar-refractivity contribution in [3.63, 3.8) is 0 Å². The van der Waals surface area contributed by atoms with Gasteiger partial charge in [-0.05, 0) is 50.8 Å². The van der Waals surface area contributed by atoms with Gasteiger partial charge in [-0.3, -0.25) is 9.36 Å². The highest BCUT2D eigenvalue weighted by Crippen LogP contribution is 2.19. The Morgan fingerprint density at radius 1 is 1.06 bits per heavy atom. The second kappa shape index (κ2) is 12.2. The number of rotatable bonds is 14. The number of aromatic nitrogens is 3. The van der Waals surface area contributed by atoms with E-state index < -0.39 is 22.8 Å². The van der Waals surface area contributed by atoms with Gasteiger partial charge in [-0.25, -0.2) is 14.3 Å². The van der Waals surface area contributed by atoms with Crippen LogP contribution in [0.3, 0.4) is 0 Å². The molecular weight excluding hydrogens is 426 g/mol. The molecule has 33 heavy (non-hydrogen) atoms. The summed E-state index contributed by atoms with van der Waals surface area (Å²) < 4.78 is 13.4. The maximum Gasteiger partial charge on any atom is 0.347 e. The summed E-state index contributed by atoms with van der Waals surface area (Å²) in [7, 11) is 1.43. The van der Waals surface area contributed by atoms with Gasteiger partial charge < -0.3 is 14.6 Å². The van der Waals surface area contributed by atoms with Crippen LogP contribution in [0.15, 0.2) is 33.9 Å². The third kappa shape index (κ3) is 7.76. The molecule has 0 fully saturated rings. The molecule has 2 aromatic rings. The van der Waals surface area contributed by atoms with E-state index in [-0.39, 0.29) is 12.5 Å². The van der Waals surface area contributed by atoms with Crippen LogP contribution in [0.5, 0.6) is 11.6 Å². The van der Waals surface area contributed by atoms with Crippen molar-refractivity contribution < 1.29 is 19.4 Å². The quantitative estimate of drug-likeness (QED) is 0.430. The van der Waals surface area contributed by atoms with Crippen LogP contribution in [0, 0.1) is 0 Å². The first-order valence-electron chi connectivity index (χ1n) is 11.5. The lowest BCUT2D eigenvalue weighted by molar-refractivity contribution is -0.152. The molecule has 9 nitrogen and oxygen atoms in total. The summed E-state index contributed by atoms with van der Waals surface area (Å²) in [5.74, 6) is -0.622. The molecular formula is C24H35N3O6. The molecule has 0 aliphatic heterocycles. The molecule has 1 aromatic heterocycles. The smallest absolute Gasteiger partial charge is 0.347 e. The number of nitrogens with zero attached hydrogens (tertiary/aromatic N) is 3. The number of carboxylic acids is 1. The number of hydrogen-bond acceptors (Lipinski definition) is 6. The van der Waals surface area contributed by atoms with Gasteiger partial charge >= 0.3 is 17.2 Å². The predicted octanol–water partition coefficient (Wildman–Crippen LogP) is 3.17. The van der Waals surface area contributed by atoms with Crippen molar-refractivity contribution in [2.45, 2.75) is 77.9 Å². The van der Waals surface area contributed by atoms with Gasteiger partial charge in [0.2, 0.25) is 0 Å². The maximum absolute atomic E-state index is 12.3. The van der Waals surface area contributed by atoms with Crippen LogP contribution in [0.1, 0.15) is 64.9 Å². The molecule has 2 rings (SSSR count). The van der Waals surface area contributed by atoms with Gasteiger partial charge in [0.05, 0.1) is 6.61 Å². The van der Waals surface area contributed by atoms with E-state index in [4.69, 9.17) is 14.6 Å². The van der Waals surface area contributed by atoms with Crippen molar-refractivity contribution >= 4 is 5.97 Å². The number of aryl methyl sites for hydroxylation is 2. The summed E-state index contributed by atoms with van der Waals surface area (Å²) in [6.07, 6.45) is 6.61. The summed E-state index contributed by atoms with van der Waals surface area (Å²) in [6, 6.07) is 7.19. The van der Waals surface area contributed by atoms with Crippen molar-refractivity contribution in [1.82, 2.24) is 14.3 Å². The van der Waals surface area contributed by atoms with E-state index in [1.165, 1.54) is 32.0 Å². The second-order valence-corrected chi connectivity index (χ2v) is 8.60. The molecule has 0 bridgehead atoms. The van der Waals surface area contributed by atoms with Gasteiger partial charge in [-0.1, -0.05) is 44.7 Å². The van der Waals surface area contributed by atoms with Crippen molar-refractivity contribution in [2.24, 2.45) is 7.05 Å². The number of aliphatic carboxylic acids is 1. The molecule has 0 saturated heterocycles. The molecule has 0 atom stereocenters. The van der Waals surface area contributed by atoms with Crippen LogP contribution in [0.2, 0.25) is 0 Å². The fraction of sp³-hybridized carbons (Fsp3) is 0.583. The summed E-state index contributed by atoms with van der Waals surface area (Å²) >= 11 is 0. The van der Waals surface area contributed by atoms with Gasteiger partial charge in [0.1, 0.15) is 5.75 Å². The van der Waals surface area contributed by atoms with Crippen molar-refractivity contribution in [3.05, 3.63) is 50.7 Å². The van der Waals surface area contributed by atoms with E-state index in [2.05, 4.69) is 12.0 Å². The van der Waals surface area contributed by atoms with E-state index in [1.807, 2.05) is 12.1 Å². The van der Waals surface area contributed by atoms with Crippen LogP contribution in [0.4, 0.5) is 0 Å². The van der Waals surface area contributed by atoms with Gasteiger partial charge in [0.25, 0.3) is 5.88 Å². The molecule has 0 unspecified atom stereocenters. The molecule has 0 spiro atoms. The average Bonchev–Trinajstić information content (AvgIpc) is 2.78. The SMILES string of the molecule is CCCCCCCn1nc(OCCCc2ccc(OC(C)(C)C(=O)O)cc2)c(=O)n(C)c1=O. The highest BCUT2D eigenvalue weighted by atomic mass is 16.5. The van der Waals surface area contributed by atoms with E-state index >= 15 is 0 Å². The minimum absolute atomic E-state index is 0.0645. The fourth-order valence-corrected chi connectivity index (χ4v) is 3.21. The Kier molecular flexibility index (Phi) is 9.69. The van der Waals surface area contributed by atoms with Crippen molar-refractivity contribution in [2.75, 3.05) is 6.61 Å². The molecule has 182 valence electrons. The standard InChI is InChI=1S/C24H35N3O6/c1-5-6-7-8-9-16-27-23(31)26(4)21(28)20(25-27)32-17-10-11-18-12-14-19(15-13-18)33-24(2,3)22(29)30/h12-15H,5-11,16-17H2,1-4H3,(H,29,30). The summed E-state index contributed by atoms with van der Waals surface area (Å²) in [5.41, 5.74) is -1.25. The van der Waals surface area contributed by atoms with Crippen LogP contribution >= 0.6 is 0 Å². The van der Waals surface area contributed by atoms with Crippen LogP contribution in [0.25, 0.3) is 0 Å². The lowest BCUT2D eigenvalue weighted by Crippen LogP contribution is -2.40. The number of carboxylic acid groups (broad SMARTS) is 1. The van der Waals surface area contributed by atoms with Crippen LogP contribution < -0.4 is 20.7 Å². The van der Waals surface area contributed by atoms with E-state index in [0.29, 0.717) is 25.1 Å². The van der Waals surface area contributed by atoms with Gasteiger partial charge in [0.15, 0.2) is 5.60 Å². The van der Waals surface area contributed by atoms with Crippen molar-refractivity contribution in [3.8, 4) is 11.6 Å². The minimum atomic E-state index is -1.31. The maximum atomic E-state index is 12.3. The molecule has 9 heteroatoms. The zero-order chi connectivity index (χ0) is 24.4. The Morgan fingerprint density at radius 3 is 2.36 bits per heavy atom. The average molecular weight is 462 g/mol. The van der Waals surface area contributed by atoms with E-state index in [1.54, 1.807) is 12.1 Å². The predicted molar refractivity (Wildman–Crippen MR) is 125 cm³/mol. The summed E-state index contributed by atoms with van der Waals surface area (Å²) in [6.45, 7) is 5.87. The largest absolute Gasteiger partial charge is 0.478 e.